The van der Waals surface area contributed by atoms with Gasteiger partial charge in [0.25, 0.3) is 5.69 Å². The van der Waals surface area contributed by atoms with E-state index in [0.717, 1.165) is 5.56 Å². The van der Waals surface area contributed by atoms with Gasteiger partial charge < -0.3 is 14.8 Å². The van der Waals surface area contributed by atoms with Gasteiger partial charge in [-0.1, -0.05) is 17.7 Å². The van der Waals surface area contributed by atoms with Gasteiger partial charge in [0.1, 0.15) is 5.02 Å². The van der Waals surface area contributed by atoms with Crippen LogP contribution < -0.4 is 14.8 Å². The maximum Gasteiger partial charge on any atom is 0.289 e. The van der Waals surface area contributed by atoms with Gasteiger partial charge in [-0.2, -0.15) is 0 Å². The zero-order valence-electron chi connectivity index (χ0n) is 13.5. The molecule has 25 heavy (non-hydrogen) atoms. The van der Waals surface area contributed by atoms with E-state index in [9.17, 15) is 14.9 Å². The van der Waals surface area contributed by atoms with Crippen LogP contribution in [0.3, 0.4) is 0 Å². The number of nitrogens with zero attached hydrogens (tertiary/aromatic N) is 1. The number of rotatable bonds is 6. The summed E-state index contributed by atoms with van der Waals surface area (Å²) in [5.41, 5.74) is 0.733. The molecule has 130 valence electrons. The van der Waals surface area contributed by atoms with Crippen LogP contribution in [0.25, 0.3) is 6.08 Å². The molecule has 0 radical (unpaired) electrons. The zero-order chi connectivity index (χ0) is 18.4. The van der Waals surface area contributed by atoms with Gasteiger partial charge in [-0.15, -0.1) is 0 Å². The fraction of sp³-hybridized carbons (Fsp3) is 0.118. The van der Waals surface area contributed by atoms with E-state index in [4.69, 9.17) is 21.1 Å². The highest BCUT2D eigenvalue weighted by molar-refractivity contribution is 6.32. The molecule has 0 spiro atoms. The summed E-state index contributed by atoms with van der Waals surface area (Å²) < 4.78 is 10.3. The van der Waals surface area contributed by atoms with Gasteiger partial charge in [0.2, 0.25) is 5.91 Å². The van der Waals surface area contributed by atoms with Crippen LogP contribution in [0.2, 0.25) is 5.02 Å². The number of amides is 1. The van der Waals surface area contributed by atoms with Crippen molar-refractivity contribution in [2.24, 2.45) is 0 Å². The first kappa shape index (κ1) is 18.3. The summed E-state index contributed by atoms with van der Waals surface area (Å²) in [6.45, 7) is 0. The predicted octanol–water partition coefficient (Wildman–Crippen LogP) is 3.92. The second-order valence-corrected chi connectivity index (χ2v) is 5.27. The van der Waals surface area contributed by atoms with Crippen LogP contribution in [0.1, 0.15) is 5.56 Å². The molecule has 0 unspecified atom stereocenters. The Balaban J connectivity index is 2.11. The molecule has 0 aliphatic heterocycles. The summed E-state index contributed by atoms with van der Waals surface area (Å²) in [5, 5.41) is 13.4. The van der Waals surface area contributed by atoms with Crippen LogP contribution in [0.5, 0.6) is 11.5 Å². The van der Waals surface area contributed by atoms with Crippen LogP contribution in [-0.4, -0.2) is 25.1 Å². The number of nitro groups is 1. The van der Waals surface area contributed by atoms with Gasteiger partial charge in [-0.3, -0.25) is 14.9 Å². The maximum atomic E-state index is 12.0. The average molecular weight is 363 g/mol. The first-order chi connectivity index (χ1) is 11.9. The van der Waals surface area contributed by atoms with E-state index in [1.165, 1.54) is 38.5 Å². The minimum atomic E-state index is -0.614. The van der Waals surface area contributed by atoms with Crippen molar-refractivity contribution in [1.82, 2.24) is 0 Å². The number of halogens is 1. The number of nitrogens with one attached hydrogen (secondary N) is 1. The molecular weight excluding hydrogens is 348 g/mol. The van der Waals surface area contributed by atoms with Crippen LogP contribution in [-0.2, 0) is 4.79 Å². The molecule has 0 fully saturated rings. The Hall–Kier alpha value is -3.06. The maximum absolute atomic E-state index is 12.0. The number of hydrogen-bond acceptors (Lipinski definition) is 5. The van der Waals surface area contributed by atoms with E-state index in [1.54, 1.807) is 24.3 Å². The van der Waals surface area contributed by atoms with Crippen LogP contribution in [0.15, 0.2) is 42.5 Å². The van der Waals surface area contributed by atoms with Gasteiger partial charge in [0, 0.05) is 17.8 Å². The number of carbonyl (C=O) groups is 1. The zero-order valence-corrected chi connectivity index (χ0v) is 14.2. The highest BCUT2D eigenvalue weighted by atomic mass is 35.5. The molecule has 0 aromatic heterocycles. The molecule has 0 saturated heterocycles. The second kappa shape index (κ2) is 8.16. The monoisotopic (exact) mass is 362 g/mol. The van der Waals surface area contributed by atoms with Crippen molar-refractivity contribution < 1.29 is 19.2 Å². The number of ether oxygens (including phenoxy) is 2. The summed E-state index contributed by atoms with van der Waals surface area (Å²) >= 11 is 5.73. The van der Waals surface area contributed by atoms with Crippen molar-refractivity contribution >= 4 is 35.0 Å². The van der Waals surface area contributed by atoms with Gasteiger partial charge in [0.15, 0.2) is 11.5 Å². The number of carbonyl (C=O) groups excluding carboxylic acids is 1. The highest BCUT2D eigenvalue weighted by Gasteiger charge is 2.13. The van der Waals surface area contributed by atoms with Crippen molar-refractivity contribution in [2.45, 2.75) is 0 Å². The van der Waals surface area contributed by atoms with Gasteiger partial charge in [-0.25, -0.2) is 0 Å². The van der Waals surface area contributed by atoms with Crippen molar-refractivity contribution in [3.05, 3.63) is 63.2 Å². The van der Waals surface area contributed by atoms with Crippen molar-refractivity contribution in [1.29, 1.82) is 0 Å². The van der Waals surface area contributed by atoms with Crippen molar-refractivity contribution in [3.8, 4) is 11.5 Å². The third-order valence-corrected chi connectivity index (χ3v) is 3.56. The largest absolute Gasteiger partial charge is 0.493 e. The van der Waals surface area contributed by atoms with E-state index < -0.39 is 10.8 Å². The topological polar surface area (TPSA) is 90.7 Å². The second-order valence-electron chi connectivity index (χ2n) is 4.86. The summed E-state index contributed by atoms with van der Waals surface area (Å²) in [4.78, 5) is 22.2. The summed E-state index contributed by atoms with van der Waals surface area (Å²) in [7, 11) is 3.05. The third-order valence-electron chi connectivity index (χ3n) is 3.25. The van der Waals surface area contributed by atoms with Crippen molar-refractivity contribution in [2.75, 3.05) is 19.5 Å². The summed E-state index contributed by atoms with van der Waals surface area (Å²) in [6.07, 6.45) is 2.89. The fourth-order valence-electron chi connectivity index (χ4n) is 2.04. The van der Waals surface area contributed by atoms with E-state index in [-0.39, 0.29) is 16.4 Å². The molecule has 2 aromatic carbocycles. The Morgan fingerprint density at radius 3 is 2.52 bits per heavy atom. The minimum Gasteiger partial charge on any atom is -0.493 e. The Kier molecular flexibility index (Phi) is 5.97. The molecule has 8 heteroatoms. The first-order valence-electron chi connectivity index (χ1n) is 7.09. The van der Waals surface area contributed by atoms with E-state index in [1.807, 2.05) is 0 Å². The normalized spacial score (nSPS) is 10.5. The molecule has 0 heterocycles. The van der Waals surface area contributed by atoms with E-state index >= 15 is 0 Å². The molecular formula is C17H15ClN2O5. The molecule has 0 atom stereocenters. The quantitative estimate of drug-likeness (QED) is 0.478. The van der Waals surface area contributed by atoms with E-state index in [0.29, 0.717) is 11.5 Å². The van der Waals surface area contributed by atoms with Crippen LogP contribution in [0.4, 0.5) is 11.4 Å². The minimum absolute atomic E-state index is 0.00358. The molecule has 0 aliphatic rings. The standard InChI is InChI=1S/C17H15ClN2O5/c1-24-15-7-3-11(9-16(15)25-2)4-8-17(21)19-12-5-6-13(18)14(10-12)20(22)23/h3-10H,1-2H3,(H,19,21). The molecule has 0 bridgehead atoms. The SMILES string of the molecule is COc1ccc(C=CC(=O)Nc2ccc(Cl)c([N+](=O)[O-])c2)cc1OC. The molecule has 7 nitrogen and oxygen atoms in total. The Labute approximate surface area is 149 Å². The third kappa shape index (κ3) is 4.71. The molecule has 2 rings (SSSR count). The lowest BCUT2D eigenvalue weighted by Gasteiger charge is -2.07. The van der Waals surface area contributed by atoms with E-state index in [2.05, 4.69) is 5.32 Å². The number of anilines is 1. The molecule has 0 aliphatic carbocycles. The number of hydrogen-bond donors (Lipinski definition) is 1. The Bertz CT molecular complexity index is 836. The summed E-state index contributed by atoms with van der Waals surface area (Å²) in [5.74, 6) is 0.683. The molecule has 1 amide bonds. The lowest BCUT2D eigenvalue weighted by atomic mass is 10.2. The predicted molar refractivity (Wildman–Crippen MR) is 95.3 cm³/mol. The van der Waals surface area contributed by atoms with Crippen LogP contribution in [0, 0.1) is 10.1 Å². The van der Waals surface area contributed by atoms with Gasteiger partial charge in [0.05, 0.1) is 19.1 Å². The average Bonchev–Trinajstić information content (AvgIpc) is 2.61. The van der Waals surface area contributed by atoms with Gasteiger partial charge in [-0.05, 0) is 35.9 Å². The lowest BCUT2D eigenvalue weighted by molar-refractivity contribution is -0.384. The number of nitro benzene ring substituents is 1. The smallest absolute Gasteiger partial charge is 0.289 e. The van der Waals surface area contributed by atoms with Crippen LogP contribution >= 0.6 is 11.6 Å². The fourth-order valence-corrected chi connectivity index (χ4v) is 2.23. The lowest BCUT2D eigenvalue weighted by Crippen LogP contribution is -2.08. The Morgan fingerprint density at radius 2 is 1.88 bits per heavy atom. The van der Waals surface area contributed by atoms with Gasteiger partial charge >= 0.3 is 0 Å². The molecule has 0 saturated carbocycles. The molecule has 1 N–H and O–H groups in total. The highest BCUT2D eigenvalue weighted by Crippen LogP contribution is 2.28. The molecule has 2 aromatic rings. The number of methoxy groups -OCH3 is 2. The first-order valence-corrected chi connectivity index (χ1v) is 7.47. The van der Waals surface area contributed by atoms with Crippen molar-refractivity contribution in [3.63, 3.8) is 0 Å². The Morgan fingerprint density at radius 1 is 1.16 bits per heavy atom. The number of benzene rings is 2. The summed E-state index contributed by atoms with van der Waals surface area (Å²) in [6, 6.07) is 9.24.